The Balaban J connectivity index is 2.01. The minimum absolute atomic E-state index is 0.287. The molecule has 1 aromatic rings. The number of hydrogen-bond donors (Lipinski definition) is 3. The number of anilines is 2. The van der Waals surface area contributed by atoms with Crippen LogP contribution in [0.2, 0.25) is 0 Å². The van der Waals surface area contributed by atoms with E-state index in [1.54, 1.807) is 6.20 Å². The molecule has 1 saturated heterocycles. The van der Waals surface area contributed by atoms with E-state index in [4.69, 9.17) is 16.2 Å². The third-order valence-corrected chi connectivity index (χ3v) is 3.03. The molecule has 98 valence electrons. The molecule has 0 spiro atoms. The molecule has 1 fully saturated rings. The lowest BCUT2D eigenvalue weighted by molar-refractivity contribution is 0.0595. The molecule has 0 bridgehead atoms. The second-order valence-electron chi connectivity index (χ2n) is 4.48. The Hall–Kier alpha value is -1.82. The highest BCUT2D eigenvalue weighted by atomic mass is 16.5. The van der Waals surface area contributed by atoms with Crippen LogP contribution in [0.5, 0.6) is 0 Å². The van der Waals surface area contributed by atoms with Gasteiger partial charge in [-0.15, -0.1) is 0 Å². The van der Waals surface area contributed by atoms with Crippen molar-refractivity contribution in [2.75, 3.05) is 30.8 Å². The van der Waals surface area contributed by atoms with E-state index in [9.17, 15) is 4.79 Å². The first kappa shape index (κ1) is 12.6. The fraction of sp³-hybridized carbons (Fsp3) is 0.500. The van der Waals surface area contributed by atoms with E-state index in [1.807, 2.05) is 0 Å². The topological polar surface area (TPSA) is 103 Å². The number of rotatable bonds is 4. The van der Waals surface area contributed by atoms with E-state index >= 15 is 0 Å². The van der Waals surface area contributed by atoms with Gasteiger partial charge in [0.15, 0.2) is 0 Å². The summed E-state index contributed by atoms with van der Waals surface area (Å²) in [4.78, 5) is 15.3. The maximum absolute atomic E-state index is 11.3. The summed E-state index contributed by atoms with van der Waals surface area (Å²) in [7, 11) is 0. The Labute approximate surface area is 106 Å². The van der Waals surface area contributed by atoms with Crippen molar-refractivity contribution in [3.8, 4) is 0 Å². The number of nitrogen functional groups attached to an aromatic ring is 1. The Morgan fingerprint density at radius 1 is 1.61 bits per heavy atom. The molecule has 18 heavy (non-hydrogen) atoms. The van der Waals surface area contributed by atoms with Gasteiger partial charge in [0, 0.05) is 13.2 Å². The minimum atomic E-state index is -0.508. The predicted octanol–water partition coefficient (Wildman–Crippen LogP) is 0.601. The third-order valence-electron chi connectivity index (χ3n) is 3.03. The molecule has 0 radical (unpaired) electrons. The highest BCUT2D eigenvalue weighted by molar-refractivity contribution is 5.98. The highest BCUT2D eigenvalue weighted by Gasteiger charge is 2.15. The second kappa shape index (κ2) is 5.68. The normalized spacial score (nSPS) is 19.4. The number of hydrogen-bond acceptors (Lipinski definition) is 5. The Morgan fingerprint density at radius 2 is 2.44 bits per heavy atom. The lowest BCUT2D eigenvalue weighted by Crippen LogP contribution is -2.25. The molecule has 1 atom stereocenters. The van der Waals surface area contributed by atoms with Gasteiger partial charge in [0.05, 0.1) is 24.1 Å². The third kappa shape index (κ3) is 3.10. The number of pyridine rings is 1. The maximum atomic E-state index is 11.3. The molecule has 6 heteroatoms. The van der Waals surface area contributed by atoms with E-state index in [0.29, 0.717) is 17.2 Å². The summed E-state index contributed by atoms with van der Waals surface area (Å²) in [6.07, 6.45) is 3.75. The van der Waals surface area contributed by atoms with E-state index in [1.165, 1.54) is 6.07 Å². The Kier molecular flexibility index (Phi) is 3.99. The Morgan fingerprint density at radius 3 is 3.11 bits per heavy atom. The van der Waals surface area contributed by atoms with Gasteiger partial charge >= 0.3 is 0 Å². The van der Waals surface area contributed by atoms with Crippen LogP contribution in [0.15, 0.2) is 12.3 Å². The average Bonchev–Trinajstić information content (AvgIpc) is 2.38. The molecule has 0 saturated carbocycles. The molecule has 2 heterocycles. The van der Waals surface area contributed by atoms with Gasteiger partial charge in [0.1, 0.15) is 5.82 Å². The molecule has 1 aromatic heterocycles. The number of primary amides is 1. The van der Waals surface area contributed by atoms with Crippen LogP contribution in [0.25, 0.3) is 0 Å². The molecule has 1 amide bonds. The molecule has 5 N–H and O–H groups in total. The van der Waals surface area contributed by atoms with Gasteiger partial charge in [-0.25, -0.2) is 4.98 Å². The van der Waals surface area contributed by atoms with Crippen LogP contribution >= 0.6 is 0 Å². The smallest absolute Gasteiger partial charge is 0.250 e. The number of nitrogens with one attached hydrogen (secondary N) is 1. The number of nitrogens with zero attached hydrogens (tertiary/aromatic N) is 1. The predicted molar refractivity (Wildman–Crippen MR) is 69.2 cm³/mol. The number of amides is 1. The quantitative estimate of drug-likeness (QED) is 0.726. The summed E-state index contributed by atoms with van der Waals surface area (Å²) in [6.45, 7) is 2.33. The average molecular weight is 250 g/mol. The Bertz CT molecular complexity index is 430. The molecule has 2 rings (SSSR count). The fourth-order valence-corrected chi connectivity index (χ4v) is 2.04. The van der Waals surface area contributed by atoms with Crippen LogP contribution in [0, 0.1) is 5.92 Å². The van der Waals surface area contributed by atoms with Crippen molar-refractivity contribution in [2.45, 2.75) is 12.8 Å². The number of carbonyl (C=O) groups excluding carboxylic acids is 1. The number of ether oxygens (including phenoxy) is 1. The standard InChI is InChI=1S/C12H18N4O2/c13-11-4-9(12(14)17)10(6-16-11)15-5-8-2-1-3-18-7-8/h4,6,8,15H,1-3,5,7H2,(H2,13,16)(H2,14,17). The van der Waals surface area contributed by atoms with Crippen molar-refractivity contribution >= 4 is 17.4 Å². The van der Waals surface area contributed by atoms with Gasteiger partial charge in [0.2, 0.25) is 0 Å². The molecular formula is C12H18N4O2. The fourth-order valence-electron chi connectivity index (χ4n) is 2.04. The van der Waals surface area contributed by atoms with E-state index < -0.39 is 5.91 Å². The summed E-state index contributed by atoms with van der Waals surface area (Å²) in [5.74, 6) is 0.235. The van der Waals surface area contributed by atoms with Crippen molar-refractivity contribution in [3.63, 3.8) is 0 Å². The summed E-state index contributed by atoms with van der Waals surface area (Å²) < 4.78 is 5.40. The second-order valence-corrected chi connectivity index (χ2v) is 4.48. The van der Waals surface area contributed by atoms with E-state index in [2.05, 4.69) is 10.3 Å². The van der Waals surface area contributed by atoms with Gasteiger partial charge in [-0.3, -0.25) is 4.79 Å². The SMILES string of the molecule is NC(=O)c1cc(N)ncc1NCC1CCCOC1. The first-order valence-corrected chi connectivity index (χ1v) is 6.03. The number of carbonyl (C=O) groups is 1. The van der Waals surface area contributed by atoms with Gasteiger partial charge < -0.3 is 21.5 Å². The monoisotopic (exact) mass is 250 g/mol. The van der Waals surface area contributed by atoms with Crippen LogP contribution in [-0.4, -0.2) is 30.6 Å². The van der Waals surface area contributed by atoms with Crippen LogP contribution in [0.1, 0.15) is 23.2 Å². The molecule has 1 aliphatic rings. The van der Waals surface area contributed by atoms with Crippen molar-refractivity contribution in [1.29, 1.82) is 0 Å². The summed E-state index contributed by atoms with van der Waals surface area (Å²) in [5, 5.41) is 3.19. The summed E-state index contributed by atoms with van der Waals surface area (Å²) in [6, 6.07) is 1.49. The van der Waals surface area contributed by atoms with E-state index in [-0.39, 0.29) is 5.82 Å². The lowest BCUT2D eigenvalue weighted by Gasteiger charge is -2.23. The van der Waals surface area contributed by atoms with Gasteiger partial charge in [-0.05, 0) is 24.8 Å². The van der Waals surface area contributed by atoms with Crippen LogP contribution in [0.4, 0.5) is 11.5 Å². The van der Waals surface area contributed by atoms with Crippen molar-refractivity contribution < 1.29 is 9.53 Å². The number of nitrogens with two attached hydrogens (primary N) is 2. The van der Waals surface area contributed by atoms with E-state index in [0.717, 1.165) is 32.6 Å². The van der Waals surface area contributed by atoms with Crippen LogP contribution in [0.3, 0.4) is 0 Å². The highest BCUT2D eigenvalue weighted by Crippen LogP contribution is 2.19. The zero-order valence-electron chi connectivity index (χ0n) is 10.2. The number of aromatic nitrogens is 1. The molecule has 0 aromatic carbocycles. The first-order valence-electron chi connectivity index (χ1n) is 6.03. The lowest BCUT2D eigenvalue weighted by atomic mass is 10.0. The van der Waals surface area contributed by atoms with Crippen LogP contribution in [-0.2, 0) is 4.74 Å². The largest absolute Gasteiger partial charge is 0.384 e. The maximum Gasteiger partial charge on any atom is 0.250 e. The molecule has 0 aliphatic carbocycles. The summed E-state index contributed by atoms with van der Waals surface area (Å²) >= 11 is 0. The van der Waals surface area contributed by atoms with Crippen LogP contribution < -0.4 is 16.8 Å². The molecule has 1 aliphatic heterocycles. The van der Waals surface area contributed by atoms with Gasteiger partial charge in [-0.2, -0.15) is 0 Å². The zero-order chi connectivity index (χ0) is 13.0. The zero-order valence-corrected chi connectivity index (χ0v) is 10.2. The van der Waals surface area contributed by atoms with Gasteiger partial charge in [-0.1, -0.05) is 0 Å². The first-order chi connectivity index (χ1) is 8.66. The summed E-state index contributed by atoms with van der Waals surface area (Å²) in [5.41, 5.74) is 11.8. The molecule has 1 unspecified atom stereocenters. The van der Waals surface area contributed by atoms with Crippen molar-refractivity contribution in [2.24, 2.45) is 11.7 Å². The molecule has 6 nitrogen and oxygen atoms in total. The van der Waals surface area contributed by atoms with Crippen molar-refractivity contribution in [3.05, 3.63) is 17.8 Å². The minimum Gasteiger partial charge on any atom is -0.384 e. The van der Waals surface area contributed by atoms with Gasteiger partial charge in [0.25, 0.3) is 5.91 Å². The van der Waals surface area contributed by atoms with Crippen molar-refractivity contribution in [1.82, 2.24) is 4.98 Å². The molecular weight excluding hydrogens is 232 g/mol.